The average molecular weight is 302 g/mol. The van der Waals surface area contributed by atoms with Gasteiger partial charge in [0.2, 0.25) is 0 Å². The van der Waals surface area contributed by atoms with Crippen molar-refractivity contribution in [1.82, 2.24) is 5.32 Å². The molecule has 1 amide bonds. The normalized spacial score (nSPS) is 11.0. The Morgan fingerprint density at radius 2 is 1.81 bits per heavy atom. The van der Waals surface area contributed by atoms with Gasteiger partial charge in [-0.25, -0.2) is 0 Å². The van der Waals surface area contributed by atoms with E-state index < -0.39 is 5.54 Å². The third kappa shape index (κ3) is 3.50. The van der Waals surface area contributed by atoms with Gasteiger partial charge >= 0.3 is 0 Å². The molecule has 0 aliphatic rings. The first-order valence-electron chi connectivity index (χ1n) is 6.57. The minimum atomic E-state index is -0.506. The Morgan fingerprint density at radius 1 is 1.14 bits per heavy atom. The molecule has 3 nitrogen and oxygen atoms in total. The highest BCUT2D eigenvalue weighted by molar-refractivity contribution is 6.33. The zero-order chi connectivity index (χ0) is 15.5. The molecule has 4 heteroatoms. The molecule has 0 fully saturated rings. The van der Waals surface area contributed by atoms with Crippen LogP contribution in [0.5, 0.6) is 0 Å². The summed E-state index contributed by atoms with van der Waals surface area (Å²) in [4.78, 5) is 23.1. The molecule has 21 heavy (non-hydrogen) atoms. The first-order chi connectivity index (χ1) is 9.94. The van der Waals surface area contributed by atoms with Crippen LogP contribution < -0.4 is 5.32 Å². The van der Waals surface area contributed by atoms with Crippen LogP contribution in [0.3, 0.4) is 0 Å². The van der Waals surface area contributed by atoms with E-state index in [1.807, 2.05) is 44.2 Å². The summed E-state index contributed by atoms with van der Waals surface area (Å²) in [6, 6.07) is 14.3. The molecule has 0 unspecified atom stereocenters. The van der Waals surface area contributed by atoms with Gasteiger partial charge in [0.15, 0.2) is 6.29 Å². The molecule has 2 aromatic carbocycles. The van der Waals surface area contributed by atoms with Crippen LogP contribution in [0.1, 0.15) is 40.1 Å². The fraction of sp³-hybridized carbons (Fsp3) is 0.176. The van der Waals surface area contributed by atoms with Gasteiger partial charge in [-0.2, -0.15) is 0 Å². The first kappa shape index (κ1) is 15.3. The Morgan fingerprint density at radius 3 is 2.38 bits per heavy atom. The van der Waals surface area contributed by atoms with Crippen LogP contribution in [0, 0.1) is 0 Å². The van der Waals surface area contributed by atoms with Gasteiger partial charge in [-0.15, -0.1) is 0 Å². The molecule has 0 aliphatic carbocycles. The molecule has 1 N–H and O–H groups in total. The van der Waals surface area contributed by atoms with Crippen molar-refractivity contribution < 1.29 is 9.59 Å². The van der Waals surface area contributed by atoms with Gasteiger partial charge in [0.1, 0.15) is 0 Å². The van der Waals surface area contributed by atoms with Crippen LogP contribution in [-0.4, -0.2) is 12.2 Å². The van der Waals surface area contributed by atoms with E-state index in [1.165, 1.54) is 6.07 Å². The van der Waals surface area contributed by atoms with E-state index in [1.54, 1.807) is 12.1 Å². The Bertz CT molecular complexity index is 666. The zero-order valence-electron chi connectivity index (χ0n) is 11.9. The molecule has 0 heterocycles. The maximum Gasteiger partial charge on any atom is 0.252 e. The van der Waals surface area contributed by atoms with E-state index in [9.17, 15) is 9.59 Å². The summed E-state index contributed by atoms with van der Waals surface area (Å²) in [5.74, 6) is -0.233. The molecule has 0 spiro atoms. The van der Waals surface area contributed by atoms with Crippen LogP contribution in [0.2, 0.25) is 5.02 Å². The summed E-state index contributed by atoms with van der Waals surface area (Å²) in [7, 11) is 0. The Hall–Kier alpha value is -2.13. The molecule has 2 aromatic rings. The van der Waals surface area contributed by atoms with Crippen molar-refractivity contribution in [2.45, 2.75) is 19.4 Å². The second-order valence-electron chi connectivity index (χ2n) is 5.30. The second-order valence-corrected chi connectivity index (χ2v) is 5.71. The predicted molar refractivity (Wildman–Crippen MR) is 83.8 cm³/mol. The van der Waals surface area contributed by atoms with E-state index in [0.717, 1.165) is 5.56 Å². The van der Waals surface area contributed by atoms with Gasteiger partial charge in [0.25, 0.3) is 5.91 Å². The maximum absolute atomic E-state index is 12.3. The van der Waals surface area contributed by atoms with Crippen molar-refractivity contribution in [2.24, 2.45) is 0 Å². The van der Waals surface area contributed by atoms with Gasteiger partial charge in [-0.3, -0.25) is 9.59 Å². The highest BCUT2D eigenvalue weighted by atomic mass is 35.5. The molecule has 0 radical (unpaired) electrons. The van der Waals surface area contributed by atoms with Gasteiger partial charge in [-0.1, -0.05) is 41.9 Å². The molecule has 0 saturated heterocycles. The SMILES string of the molecule is CC(C)(NC(=O)c1ccc(C=O)c(Cl)c1)c1ccccc1. The van der Waals surface area contributed by atoms with Crippen molar-refractivity contribution in [3.05, 3.63) is 70.2 Å². The maximum atomic E-state index is 12.3. The number of hydrogen-bond donors (Lipinski definition) is 1. The molecule has 0 aliphatic heterocycles. The third-order valence-electron chi connectivity index (χ3n) is 3.31. The largest absolute Gasteiger partial charge is 0.343 e. The van der Waals surface area contributed by atoms with Gasteiger partial charge in [-0.05, 0) is 37.6 Å². The molecular formula is C17H16ClNO2. The number of hydrogen-bond acceptors (Lipinski definition) is 2. The van der Waals surface area contributed by atoms with Crippen molar-refractivity contribution in [3.63, 3.8) is 0 Å². The van der Waals surface area contributed by atoms with Crippen LogP contribution in [0.4, 0.5) is 0 Å². The summed E-state index contributed by atoms with van der Waals surface area (Å²) in [6.45, 7) is 3.86. The number of rotatable bonds is 4. The number of aldehydes is 1. The Labute approximate surface area is 128 Å². The van der Waals surface area contributed by atoms with Crippen molar-refractivity contribution in [3.8, 4) is 0 Å². The van der Waals surface area contributed by atoms with Crippen molar-refractivity contribution >= 4 is 23.8 Å². The number of amides is 1. The van der Waals surface area contributed by atoms with E-state index in [0.29, 0.717) is 17.4 Å². The lowest BCUT2D eigenvalue weighted by molar-refractivity contribution is 0.0911. The third-order valence-corrected chi connectivity index (χ3v) is 3.64. The topological polar surface area (TPSA) is 46.2 Å². The van der Waals surface area contributed by atoms with E-state index in [2.05, 4.69) is 5.32 Å². The van der Waals surface area contributed by atoms with E-state index in [-0.39, 0.29) is 10.9 Å². The van der Waals surface area contributed by atoms with Crippen molar-refractivity contribution in [2.75, 3.05) is 0 Å². The molecule has 0 saturated carbocycles. The number of benzene rings is 2. The lowest BCUT2D eigenvalue weighted by atomic mass is 9.94. The van der Waals surface area contributed by atoms with Gasteiger partial charge in [0, 0.05) is 11.1 Å². The van der Waals surface area contributed by atoms with Gasteiger partial charge < -0.3 is 5.32 Å². The van der Waals surface area contributed by atoms with Gasteiger partial charge in [0.05, 0.1) is 10.6 Å². The Balaban J connectivity index is 2.21. The summed E-state index contributed by atoms with van der Waals surface area (Å²) >= 11 is 5.95. The average Bonchev–Trinajstić information content (AvgIpc) is 2.47. The fourth-order valence-electron chi connectivity index (χ4n) is 2.05. The lowest BCUT2D eigenvalue weighted by Gasteiger charge is -2.27. The molecular weight excluding hydrogens is 286 g/mol. The van der Waals surface area contributed by atoms with Crippen LogP contribution in [-0.2, 0) is 5.54 Å². The number of halogens is 1. The van der Waals surface area contributed by atoms with Crippen LogP contribution in [0.15, 0.2) is 48.5 Å². The zero-order valence-corrected chi connectivity index (χ0v) is 12.6. The van der Waals surface area contributed by atoms with E-state index in [4.69, 9.17) is 11.6 Å². The summed E-state index contributed by atoms with van der Waals surface area (Å²) in [5.41, 5.74) is 1.30. The first-order valence-corrected chi connectivity index (χ1v) is 6.94. The fourth-order valence-corrected chi connectivity index (χ4v) is 2.27. The predicted octanol–water partition coefficient (Wildman–Crippen LogP) is 3.82. The number of carbonyl (C=O) groups excluding carboxylic acids is 2. The quantitative estimate of drug-likeness (QED) is 0.873. The molecule has 0 atom stereocenters. The monoisotopic (exact) mass is 301 g/mol. The molecule has 108 valence electrons. The number of carbonyl (C=O) groups is 2. The Kier molecular flexibility index (Phi) is 4.43. The molecule has 0 bridgehead atoms. The minimum Gasteiger partial charge on any atom is -0.343 e. The van der Waals surface area contributed by atoms with E-state index >= 15 is 0 Å². The molecule has 0 aromatic heterocycles. The minimum absolute atomic E-state index is 0.233. The second kappa shape index (κ2) is 6.10. The standard InChI is InChI=1S/C17H16ClNO2/c1-17(2,14-6-4-3-5-7-14)19-16(21)12-8-9-13(11-20)15(18)10-12/h3-11H,1-2H3,(H,19,21). The highest BCUT2D eigenvalue weighted by Gasteiger charge is 2.23. The summed E-state index contributed by atoms with van der Waals surface area (Å²) in [5, 5.41) is 3.24. The smallest absolute Gasteiger partial charge is 0.252 e. The summed E-state index contributed by atoms with van der Waals surface area (Å²) in [6.07, 6.45) is 0.665. The van der Waals surface area contributed by atoms with Crippen LogP contribution >= 0.6 is 11.6 Å². The lowest BCUT2D eigenvalue weighted by Crippen LogP contribution is -2.40. The van der Waals surface area contributed by atoms with Crippen LogP contribution in [0.25, 0.3) is 0 Å². The highest BCUT2D eigenvalue weighted by Crippen LogP contribution is 2.21. The summed E-state index contributed by atoms with van der Waals surface area (Å²) < 4.78 is 0. The molecule has 2 rings (SSSR count). The number of nitrogens with one attached hydrogen (secondary N) is 1. The van der Waals surface area contributed by atoms with Crippen molar-refractivity contribution in [1.29, 1.82) is 0 Å².